The minimum absolute atomic E-state index is 0.0620. The van der Waals surface area contributed by atoms with Crippen LogP contribution < -0.4 is 11.1 Å². The Labute approximate surface area is 103 Å². The molecule has 1 saturated carbocycles. The summed E-state index contributed by atoms with van der Waals surface area (Å²) in [5, 5.41) is 2.91. The van der Waals surface area contributed by atoms with E-state index in [1.54, 1.807) is 0 Å². The van der Waals surface area contributed by atoms with Crippen LogP contribution in [0.15, 0.2) is 24.3 Å². The third-order valence-electron chi connectivity index (χ3n) is 2.81. The minimum Gasteiger partial charge on any atom is -0.329 e. The van der Waals surface area contributed by atoms with Crippen LogP contribution in [0.1, 0.15) is 12.8 Å². The summed E-state index contributed by atoms with van der Waals surface area (Å²) in [5.41, 5.74) is 6.17. The quantitative estimate of drug-likeness (QED) is 0.838. The number of anilines is 1. The lowest BCUT2D eigenvalue weighted by atomic mass is 10.1. The van der Waals surface area contributed by atoms with E-state index < -0.39 is 0 Å². The molecule has 3 N–H and O–H groups in total. The summed E-state index contributed by atoms with van der Waals surface area (Å²) in [6.07, 6.45) is 1.83. The summed E-state index contributed by atoms with van der Waals surface area (Å²) in [6.45, 7) is 0.447. The molecular weight excluding hydrogens is 303 g/mol. The minimum atomic E-state index is -0.277. The molecule has 1 fully saturated rings. The van der Waals surface area contributed by atoms with E-state index in [0.717, 1.165) is 22.1 Å². The van der Waals surface area contributed by atoms with E-state index in [-0.39, 0.29) is 11.3 Å². The molecule has 3 nitrogen and oxygen atoms in total. The van der Waals surface area contributed by atoms with Gasteiger partial charge in [0.1, 0.15) is 0 Å². The Kier molecular flexibility index (Phi) is 2.97. The Hall–Kier alpha value is -0.620. The second kappa shape index (κ2) is 4.09. The summed E-state index contributed by atoms with van der Waals surface area (Å²) in [5.74, 6) is 0.0620. The highest BCUT2D eigenvalue weighted by molar-refractivity contribution is 14.1. The molecule has 1 aromatic rings. The fourth-order valence-electron chi connectivity index (χ4n) is 1.50. The van der Waals surface area contributed by atoms with E-state index in [9.17, 15) is 4.79 Å². The van der Waals surface area contributed by atoms with Crippen molar-refractivity contribution in [1.29, 1.82) is 0 Å². The molecule has 4 heteroatoms. The van der Waals surface area contributed by atoms with Gasteiger partial charge in [-0.1, -0.05) is 6.07 Å². The lowest BCUT2D eigenvalue weighted by Gasteiger charge is -2.12. The van der Waals surface area contributed by atoms with E-state index in [1.807, 2.05) is 24.3 Å². The first-order valence-corrected chi connectivity index (χ1v) is 6.01. The maximum absolute atomic E-state index is 11.8. The van der Waals surface area contributed by atoms with Crippen LogP contribution in [0.25, 0.3) is 0 Å². The molecule has 0 heterocycles. The van der Waals surface area contributed by atoms with Crippen molar-refractivity contribution >= 4 is 34.2 Å². The Balaban J connectivity index is 2.06. The first-order valence-electron chi connectivity index (χ1n) is 4.93. The van der Waals surface area contributed by atoms with Crippen LogP contribution in [0.3, 0.4) is 0 Å². The van der Waals surface area contributed by atoms with Gasteiger partial charge < -0.3 is 11.1 Å². The Bertz CT molecular complexity index is 388. The van der Waals surface area contributed by atoms with Gasteiger partial charge in [-0.3, -0.25) is 4.79 Å². The molecule has 2 rings (SSSR count). The molecule has 0 saturated heterocycles. The van der Waals surface area contributed by atoms with Crippen molar-refractivity contribution in [2.45, 2.75) is 12.8 Å². The zero-order chi connectivity index (χ0) is 10.9. The van der Waals surface area contributed by atoms with E-state index >= 15 is 0 Å². The summed E-state index contributed by atoms with van der Waals surface area (Å²) >= 11 is 2.22. The van der Waals surface area contributed by atoms with Crippen LogP contribution in [-0.4, -0.2) is 12.5 Å². The standard InChI is InChI=1S/C11H13IN2O/c12-8-2-1-3-9(6-8)14-10(15)11(7-13)4-5-11/h1-3,6H,4-5,7,13H2,(H,14,15). The second-order valence-corrected chi connectivity index (χ2v) is 5.19. The van der Waals surface area contributed by atoms with Gasteiger partial charge in [-0.25, -0.2) is 0 Å². The number of nitrogens with two attached hydrogens (primary N) is 1. The van der Waals surface area contributed by atoms with Crippen molar-refractivity contribution in [2.75, 3.05) is 11.9 Å². The average Bonchev–Trinajstić information content (AvgIpc) is 2.98. The van der Waals surface area contributed by atoms with Crippen LogP contribution in [0.4, 0.5) is 5.69 Å². The Morgan fingerprint density at radius 2 is 2.27 bits per heavy atom. The number of halogens is 1. The summed E-state index contributed by atoms with van der Waals surface area (Å²) in [6, 6.07) is 7.77. The van der Waals surface area contributed by atoms with Crippen molar-refractivity contribution in [3.63, 3.8) is 0 Å². The number of carbonyl (C=O) groups is 1. The maximum Gasteiger partial charge on any atom is 0.231 e. The molecule has 0 bridgehead atoms. The van der Waals surface area contributed by atoms with Crippen molar-refractivity contribution in [3.8, 4) is 0 Å². The third kappa shape index (κ3) is 2.31. The van der Waals surface area contributed by atoms with Gasteiger partial charge in [0.25, 0.3) is 0 Å². The summed E-state index contributed by atoms with van der Waals surface area (Å²) < 4.78 is 1.11. The summed E-state index contributed by atoms with van der Waals surface area (Å²) in [4.78, 5) is 11.8. The van der Waals surface area contributed by atoms with E-state index in [4.69, 9.17) is 5.73 Å². The molecule has 1 amide bonds. The monoisotopic (exact) mass is 316 g/mol. The highest BCUT2D eigenvalue weighted by Crippen LogP contribution is 2.45. The molecule has 1 aliphatic carbocycles. The van der Waals surface area contributed by atoms with Crippen LogP contribution in [-0.2, 0) is 4.79 Å². The van der Waals surface area contributed by atoms with Crippen LogP contribution in [0.2, 0.25) is 0 Å². The topological polar surface area (TPSA) is 55.1 Å². The van der Waals surface area contributed by atoms with Crippen molar-refractivity contribution in [3.05, 3.63) is 27.8 Å². The van der Waals surface area contributed by atoms with Gasteiger partial charge in [0.05, 0.1) is 5.41 Å². The van der Waals surface area contributed by atoms with Gasteiger partial charge in [-0.15, -0.1) is 0 Å². The van der Waals surface area contributed by atoms with Crippen LogP contribution in [0.5, 0.6) is 0 Å². The van der Waals surface area contributed by atoms with E-state index in [2.05, 4.69) is 27.9 Å². The molecule has 0 aromatic heterocycles. The lowest BCUT2D eigenvalue weighted by Crippen LogP contribution is -2.30. The normalized spacial score (nSPS) is 17.2. The number of rotatable bonds is 3. The molecule has 0 atom stereocenters. The second-order valence-electron chi connectivity index (χ2n) is 3.95. The molecule has 1 aliphatic rings. The van der Waals surface area contributed by atoms with E-state index in [1.165, 1.54) is 0 Å². The number of benzene rings is 1. The fourth-order valence-corrected chi connectivity index (χ4v) is 2.05. The zero-order valence-electron chi connectivity index (χ0n) is 8.29. The summed E-state index contributed by atoms with van der Waals surface area (Å²) in [7, 11) is 0. The SMILES string of the molecule is NCC1(C(=O)Nc2cccc(I)c2)CC1. The van der Waals surface area contributed by atoms with Gasteiger partial charge in [0, 0.05) is 15.8 Å². The zero-order valence-corrected chi connectivity index (χ0v) is 10.5. The largest absolute Gasteiger partial charge is 0.329 e. The van der Waals surface area contributed by atoms with Gasteiger partial charge in [0.15, 0.2) is 0 Å². The fraction of sp³-hybridized carbons (Fsp3) is 0.364. The number of nitrogens with one attached hydrogen (secondary N) is 1. The molecule has 0 aliphatic heterocycles. The molecule has 80 valence electrons. The number of hydrogen-bond acceptors (Lipinski definition) is 2. The molecular formula is C11H13IN2O. The predicted octanol–water partition coefficient (Wildman–Crippen LogP) is 1.97. The number of amides is 1. The van der Waals surface area contributed by atoms with Crippen molar-refractivity contribution in [2.24, 2.45) is 11.1 Å². The molecule has 0 unspecified atom stereocenters. The van der Waals surface area contributed by atoms with Gasteiger partial charge in [-0.05, 0) is 53.6 Å². The molecule has 15 heavy (non-hydrogen) atoms. The van der Waals surface area contributed by atoms with Gasteiger partial charge in [0.2, 0.25) is 5.91 Å². The van der Waals surface area contributed by atoms with Crippen molar-refractivity contribution < 1.29 is 4.79 Å². The number of hydrogen-bond donors (Lipinski definition) is 2. The van der Waals surface area contributed by atoms with Crippen molar-refractivity contribution in [1.82, 2.24) is 0 Å². The predicted molar refractivity (Wildman–Crippen MR) is 68.5 cm³/mol. The highest BCUT2D eigenvalue weighted by atomic mass is 127. The third-order valence-corrected chi connectivity index (χ3v) is 3.48. The maximum atomic E-state index is 11.8. The highest BCUT2D eigenvalue weighted by Gasteiger charge is 2.48. The van der Waals surface area contributed by atoms with Gasteiger partial charge >= 0.3 is 0 Å². The average molecular weight is 316 g/mol. The van der Waals surface area contributed by atoms with Gasteiger partial charge in [-0.2, -0.15) is 0 Å². The Morgan fingerprint density at radius 3 is 2.80 bits per heavy atom. The molecule has 0 spiro atoms. The van der Waals surface area contributed by atoms with E-state index in [0.29, 0.717) is 6.54 Å². The number of carbonyl (C=O) groups excluding carboxylic acids is 1. The molecule has 1 aromatic carbocycles. The smallest absolute Gasteiger partial charge is 0.231 e. The first kappa shape index (κ1) is 10.9. The Morgan fingerprint density at radius 1 is 1.53 bits per heavy atom. The van der Waals surface area contributed by atoms with Crippen LogP contribution in [0, 0.1) is 8.99 Å². The first-order chi connectivity index (χ1) is 7.16. The van der Waals surface area contributed by atoms with Crippen LogP contribution >= 0.6 is 22.6 Å². The lowest BCUT2D eigenvalue weighted by molar-refractivity contribution is -0.120. The molecule has 0 radical (unpaired) electrons.